The molecule has 0 aromatic carbocycles. The van der Waals surface area contributed by atoms with Crippen molar-refractivity contribution in [3.63, 3.8) is 0 Å². The van der Waals surface area contributed by atoms with E-state index in [2.05, 4.69) is 25.8 Å². The van der Waals surface area contributed by atoms with E-state index in [4.69, 9.17) is 0 Å². The molecule has 1 aliphatic rings. The Hall–Kier alpha value is -2.02. The Kier molecular flexibility index (Phi) is 3.87. The molecule has 104 valence electrons. The van der Waals surface area contributed by atoms with E-state index in [1.807, 2.05) is 18.2 Å². The lowest BCUT2D eigenvalue weighted by atomic mass is 10.4. The van der Waals surface area contributed by atoms with Gasteiger partial charge in [0.1, 0.15) is 5.69 Å². The summed E-state index contributed by atoms with van der Waals surface area (Å²) in [6.07, 6.45) is 3.80. The fourth-order valence-corrected chi connectivity index (χ4v) is 2.48. The summed E-state index contributed by atoms with van der Waals surface area (Å²) < 4.78 is 0. The van der Waals surface area contributed by atoms with Gasteiger partial charge in [0.05, 0.1) is 0 Å². The van der Waals surface area contributed by atoms with Gasteiger partial charge < -0.3 is 10.6 Å². The van der Waals surface area contributed by atoms with Crippen LogP contribution in [0.25, 0.3) is 10.7 Å². The summed E-state index contributed by atoms with van der Waals surface area (Å²) in [4.78, 5) is 15.7. The highest BCUT2D eigenvalue weighted by molar-refractivity contribution is 7.18. The SMILES string of the molecule is O=C(NCCNc1nnc(-c2ccccn2)s1)C1CC1. The molecular weight excluding hydrogens is 274 g/mol. The normalized spacial score (nSPS) is 14.0. The molecule has 0 bridgehead atoms. The largest absolute Gasteiger partial charge is 0.358 e. The number of carbonyl (C=O) groups is 1. The number of amides is 1. The third-order valence-electron chi connectivity index (χ3n) is 2.96. The van der Waals surface area contributed by atoms with E-state index >= 15 is 0 Å². The molecule has 2 N–H and O–H groups in total. The molecule has 6 nitrogen and oxygen atoms in total. The van der Waals surface area contributed by atoms with Crippen LogP contribution in [-0.4, -0.2) is 34.2 Å². The summed E-state index contributed by atoms with van der Waals surface area (Å²) >= 11 is 1.45. The van der Waals surface area contributed by atoms with E-state index in [1.54, 1.807) is 6.20 Å². The zero-order valence-electron chi connectivity index (χ0n) is 10.9. The van der Waals surface area contributed by atoms with E-state index in [9.17, 15) is 4.79 Å². The first-order valence-corrected chi connectivity index (χ1v) is 7.41. The van der Waals surface area contributed by atoms with E-state index < -0.39 is 0 Å². The minimum atomic E-state index is 0.165. The first-order chi connectivity index (χ1) is 9.83. The molecular formula is C13H15N5OS. The highest BCUT2D eigenvalue weighted by Crippen LogP contribution is 2.28. The molecule has 1 saturated carbocycles. The number of carbonyl (C=O) groups excluding carboxylic acids is 1. The van der Waals surface area contributed by atoms with Crippen molar-refractivity contribution in [1.82, 2.24) is 20.5 Å². The van der Waals surface area contributed by atoms with Crippen molar-refractivity contribution in [2.75, 3.05) is 18.4 Å². The molecule has 0 atom stereocenters. The molecule has 1 amide bonds. The Balaban J connectivity index is 1.46. The highest BCUT2D eigenvalue weighted by Gasteiger charge is 2.28. The first kappa shape index (κ1) is 13.0. The maximum atomic E-state index is 11.4. The topological polar surface area (TPSA) is 79.8 Å². The zero-order chi connectivity index (χ0) is 13.8. The van der Waals surface area contributed by atoms with Gasteiger partial charge in [-0.3, -0.25) is 9.78 Å². The third-order valence-corrected chi connectivity index (χ3v) is 3.86. The van der Waals surface area contributed by atoms with Crippen molar-refractivity contribution >= 4 is 22.4 Å². The first-order valence-electron chi connectivity index (χ1n) is 6.59. The smallest absolute Gasteiger partial charge is 0.223 e. The van der Waals surface area contributed by atoms with E-state index in [0.717, 1.165) is 28.7 Å². The van der Waals surface area contributed by atoms with Gasteiger partial charge >= 0.3 is 0 Å². The van der Waals surface area contributed by atoms with Gasteiger partial charge in [0.2, 0.25) is 11.0 Å². The summed E-state index contributed by atoms with van der Waals surface area (Å²) in [6.45, 7) is 1.25. The Morgan fingerprint density at radius 3 is 2.95 bits per heavy atom. The maximum absolute atomic E-state index is 11.4. The van der Waals surface area contributed by atoms with Gasteiger partial charge in [0, 0.05) is 25.2 Å². The fraction of sp³-hybridized carbons (Fsp3) is 0.385. The van der Waals surface area contributed by atoms with Crippen LogP contribution in [0, 0.1) is 5.92 Å². The molecule has 1 fully saturated rings. The van der Waals surface area contributed by atoms with Gasteiger partial charge in [0.25, 0.3) is 0 Å². The van der Waals surface area contributed by atoms with Gasteiger partial charge in [-0.1, -0.05) is 17.4 Å². The summed E-state index contributed by atoms with van der Waals surface area (Å²) in [5.74, 6) is 0.422. The highest BCUT2D eigenvalue weighted by atomic mass is 32.1. The Morgan fingerprint density at radius 1 is 1.30 bits per heavy atom. The van der Waals surface area contributed by atoms with Gasteiger partial charge in [0.15, 0.2) is 5.01 Å². The minimum Gasteiger partial charge on any atom is -0.358 e. The van der Waals surface area contributed by atoms with Crippen molar-refractivity contribution in [1.29, 1.82) is 0 Å². The van der Waals surface area contributed by atoms with Crippen LogP contribution in [0.15, 0.2) is 24.4 Å². The van der Waals surface area contributed by atoms with Crippen molar-refractivity contribution in [3.05, 3.63) is 24.4 Å². The molecule has 0 spiro atoms. The molecule has 20 heavy (non-hydrogen) atoms. The van der Waals surface area contributed by atoms with Crippen LogP contribution in [0.2, 0.25) is 0 Å². The number of nitrogens with zero attached hydrogens (tertiary/aromatic N) is 3. The zero-order valence-corrected chi connectivity index (χ0v) is 11.7. The lowest BCUT2D eigenvalue weighted by Crippen LogP contribution is -2.29. The predicted molar refractivity (Wildman–Crippen MR) is 77.4 cm³/mol. The molecule has 7 heteroatoms. The van der Waals surface area contributed by atoms with Crippen LogP contribution in [0.3, 0.4) is 0 Å². The number of hydrogen-bond acceptors (Lipinski definition) is 6. The van der Waals surface area contributed by atoms with Crippen LogP contribution >= 0.6 is 11.3 Å². The van der Waals surface area contributed by atoms with E-state index in [1.165, 1.54) is 11.3 Å². The van der Waals surface area contributed by atoms with Crippen molar-refractivity contribution < 1.29 is 4.79 Å². The van der Waals surface area contributed by atoms with Crippen molar-refractivity contribution in [2.45, 2.75) is 12.8 Å². The fourth-order valence-electron chi connectivity index (χ4n) is 1.73. The molecule has 0 saturated heterocycles. The number of hydrogen-bond donors (Lipinski definition) is 2. The molecule has 1 aliphatic carbocycles. The monoisotopic (exact) mass is 289 g/mol. The predicted octanol–water partition coefficient (Wildman–Crippen LogP) is 1.54. The second-order valence-electron chi connectivity index (χ2n) is 4.62. The van der Waals surface area contributed by atoms with Crippen LogP contribution in [0.5, 0.6) is 0 Å². The number of aromatic nitrogens is 3. The van der Waals surface area contributed by atoms with Crippen LogP contribution < -0.4 is 10.6 Å². The molecule has 2 aromatic heterocycles. The van der Waals surface area contributed by atoms with Crippen molar-refractivity contribution in [2.24, 2.45) is 5.92 Å². The van der Waals surface area contributed by atoms with Crippen LogP contribution in [0.4, 0.5) is 5.13 Å². The second kappa shape index (κ2) is 5.96. The maximum Gasteiger partial charge on any atom is 0.223 e. The third kappa shape index (κ3) is 3.30. The number of rotatable bonds is 6. The van der Waals surface area contributed by atoms with Gasteiger partial charge in [-0.25, -0.2) is 0 Å². The molecule has 3 rings (SSSR count). The van der Waals surface area contributed by atoms with Crippen LogP contribution in [0.1, 0.15) is 12.8 Å². The summed E-state index contributed by atoms with van der Waals surface area (Å²) in [7, 11) is 0. The van der Waals surface area contributed by atoms with E-state index in [-0.39, 0.29) is 11.8 Å². The molecule has 2 aromatic rings. The van der Waals surface area contributed by atoms with Gasteiger partial charge in [-0.05, 0) is 25.0 Å². The molecule has 0 aliphatic heterocycles. The standard InChI is InChI=1S/C13H15N5OS/c19-11(9-4-5-9)15-7-8-16-13-18-17-12(20-13)10-3-1-2-6-14-10/h1-3,6,9H,4-5,7-8H2,(H,15,19)(H,16,18). The van der Waals surface area contributed by atoms with E-state index in [0.29, 0.717) is 13.1 Å². The Labute approximate surface area is 120 Å². The summed E-state index contributed by atoms with van der Waals surface area (Å²) in [5, 5.41) is 15.7. The minimum absolute atomic E-state index is 0.165. The van der Waals surface area contributed by atoms with Gasteiger partial charge in [-0.2, -0.15) is 0 Å². The Bertz CT molecular complexity index is 581. The number of nitrogens with one attached hydrogen (secondary N) is 2. The van der Waals surface area contributed by atoms with Crippen LogP contribution in [-0.2, 0) is 4.79 Å². The molecule has 2 heterocycles. The quantitative estimate of drug-likeness (QED) is 0.789. The number of anilines is 1. The molecule has 0 radical (unpaired) electrons. The second-order valence-corrected chi connectivity index (χ2v) is 5.60. The average Bonchev–Trinajstić information content (AvgIpc) is 3.23. The lowest BCUT2D eigenvalue weighted by molar-refractivity contribution is -0.122. The summed E-state index contributed by atoms with van der Waals surface area (Å²) in [6, 6.07) is 5.69. The Morgan fingerprint density at radius 2 is 2.20 bits per heavy atom. The average molecular weight is 289 g/mol. The summed E-state index contributed by atoms with van der Waals surface area (Å²) in [5.41, 5.74) is 0.820. The molecule has 0 unspecified atom stereocenters. The lowest BCUT2D eigenvalue weighted by Gasteiger charge is -2.04. The van der Waals surface area contributed by atoms with Crippen molar-refractivity contribution in [3.8, 4) is 10.7 Å². The number of pyridine rings is 1. The van der Waals surface area contributed by atoms with Gasteiger partial charge in [-0.15, -0.1) is 10.2 Å².